The predicted octanol–water partition coefficient (Wildman–Crippen LogP) is -0.735. The SMILES string of the molecule is CCC(C)(C)C1O[C@H](CO)[C@@H](O)[C@H](O)[C@H]1O. The van der Waals surface area contributed by atoms with Crippen LogP contribution in [0.15, 0.2) is 0 Å². The van der Waals surface area contributed by atoms with E-state index in [-0.39, 0.29) is 12.0 Å². The molecular formula is C11H22O5. The predicted molar refractivity (Wildman–Crippen MR) is 57.8 cm³/mol. The lowest BCUT2D eigenvalue weighted by Crippen LogP contribution is -2.61. The lowest BCUT2D eigenvalue weighted by Gasteiger charge is -2.46. The van der Waals surface area contributed by atoms with Gasteiger partial charge in [0.25, 0.3) is 0 Å². The minimum atomic E-state index is -1.28. The van der Waals surface area contributed by atoms with Gasteiger partial charge in [-0.05, 0) is 11.8 Å². The molecule has 1 unspecified atom stereocenters. The number of rotatable bonds is 3. The van der Waals surface area contributed by atoms with Gasteiger partial charge in [0.05, 0.1) is 12.7 Å². The first-order valence-electron chi connectivity index (χ1n) is 5.65. The maximum absolute atomic E-state index is 9.87. The molecule has 5 atom stereocenters. The highest BCUT2D eigenvalue weighted by atomic mass is 16.5. The zero-order valence-electron chi connectivity index (χ0n) is 10.00. The van der Waals surface area contributed by atoms with Crippen molar-refractivity contribution in [1.29, 1.82) is 0 Å². The van der Waals surface area contributed by atoms with Crippen LogP contribution in [0.25, 0.3) is 0 Å². The molecule has 1 aliphatic rings. The van der Waals surface area contributed by atoms with Crippen molar-refractivity contribution in [2.24, 2.45) is 5.41 Å². The fourth-order valence-electron chi connectivity index (χ4n) is 1.95. The number of ether oxygens (including phenoxy) is 1. The van der Waals surface area contributed by atoms with E-state index in [0.29, 0.717) is 0 Å². The molecule has 0 aromatic heterocycles. The molecule has 1 heterocycles. The summed E-state index contributed by atoms with van der Waals surface area (Å²) < 4.78 is 5.48. The Morgan fingerprint density at radius 3 is 2.06 bits per heavy atom. The third-order valence-electron chi connectivity index (χ3n) is 3.57. The van der Waals surface area contributed by atoms with Gasteiger partial charge >= 0.3 is 0 Å². The van der Waals surface area contributed by atoms with Gasteiger partial charge in [0, 0.05) is 0 Å². The van der Waals surface area contributed by atoms with Crippen LogP contribution >= 0.6 is 0 Å². The molecule has 1 rings (SSSR count). The summed E-state index contributed by atoms with van der Waals surface area (Å²) in [7, 11) is 0. The van der Waals surface area contributed by atoms with E-state index in [1.807, 2.05) is 20.8 Å². The van der Waals surface area contributed by atoms with Crippen LogP contribution in [0.4, 0.5) is 0 Å². The standard InChI is InChI=1S/C11H22O5/c1-4-11(2,3)10-9(15)8(14)7(13)6(5-12)16-10/h6-10,12-15H,4-5H2,1-3H3/t6-,7-,8+,9-,10?/m1/s1. The quantitative estimate of drug-likeness (QED) is 0.516. The smallest absolute Gasteiger partial charge is 0.111 e. The van der Waals surface area contributed by atoms with Gasteiger partial charge in [-0.25, -0.2) is 0 Å². The van der Waals surface area contributed by atoms with E-state index >= 15 is 0 Å². The van der Waals surface area contributed by atoms with Crippen LogP contribution in [0.5, 0.6) is 0 Å². The van der Waals surface area contributed by atoms with E-state index in [1.54, 1.807) is 0 Å². The fraction of sp³-hybridized carbons (Fsp3) is 1.00. The van der Waals surface area contributed by atoms with Gasteiger partial charge in [-0.2, -0.15) is 0 Å². The Balaban J connectivity index is 2.87. The Kier molecular flexibility index (Phi) is 4.31. The molecule has 0 saturated carbocycles. The van der Waals surface area contributed by atoms with Crippen molar-refractivity contribution in [1.82, 2.24) is 0 Å². The summed E-state index contributed by atoms with van der Waals surface area (Å²) in [4.78, 5) is 0. The summed E-state index contributed by atoms with van der Waals surface area (Å²) in [6.07, 6.45) is -4.32. The summed E-state index contributed by atoms with van der Waals surface area (Å²) in [5, 5.41) is 38.2. The van der Waals surface area contributed by atoms with Crippen LogP contribution in [-0.2, 0) is 4.74 Å². The molecule has 4 N–H and O–H groups in total. The zero-order valence-corrected chi connectivity index (χ0v) is 10.00. The Bertz CT molecular complexity index is 228. The van der Waals surface area contributed by atoms with E-state index in [9.17, 15) is 15.3 Å². The highest BCUT2D eigenvalue weighted by Gasteiger charge is 2.48. The van der Waals surface area contributed by atoms with Crippen LogP contribution in [0.1, 0.15) is 27.2 Å². The van der Waals surface area contributed by atoms with Crippen LogP contribution in [0.3, 0.4) is 0 Å². The van der Waals surface area contributed by atoms with Gasteiger partial charge < -0.3 is 25.2 Å². The Labute approximate surface area is 95.7 Å². The average molecular weight is 234 g/mol. The fourth-order valence-corrected chi connectivity index (χ4v) is 1.95. The molecule has 0 spiro atoms. The van der Waals surface area contributed by atoms with Crippen molar-refractivity contribution in [3.05, 3.63) is 0 Å². The van der Waals surface area contributed by atoms with Crippen molar-refractivity contribution in [3.63, 3.8) is 0 Å². The van der Waals surface area contributed by atoms with Gasteiger partial charge in [-0.15, -0.1) is 0 Å². The Hall–Kier alpha value is -0.200. The summed E-state index contributed by atoms with van der Waals surface area (Å²) >= 11 is 0. The summed E-state index contributed by atoms with van der Waals surface area (Å²) in [5.74, 6) is 0. The third kappa shape index (κ3) is 2.38. The minimum absolute atomic E-state index is 0.325. The highest BCUT2D eigenvalue weighted by Crippen LogP contribution is 2.35. The molecule has 16 heavy (non-hydrogen) atoms. The Morgan fingerprint density at radius 2 is 1.62 bits per heavy atom. The number of hydrogen-bond acceptors (Lipinski definition) is 5. The minimum Gasteiger partial charge on any atom is -0.394 e. The van der Waals surface area contributed by atoms with Gasteiger partial charge in [0.15, 0.2) is 0 Å². The maximum Gasteiger partial charge on any atom is 0.111 e. The monoisotopic (exact) mass is 234 g/mol. The van der Waals surface area contributed by atoms with Crippen molar-refractivity contribution < 1.29 is 25.2 Å². The van der Waals surface area contributed by atoms with E-state index in [1.165, 1.54) is 0 Å². The van der Waals surface area contributed by atoms with Crippen molar-refractivity contribution in [2.45, 2.75) is 57.7 Å². The molecule has 1 aliphatic heterocycles. The first kappa shape index (κ1) is 13.9. The van der Waals surface area contributed by atoms with Crippen LogP contribution in [0.2, 0.25) is 0 Å². The molecule has 1 saturated heterocycles. The molecule has 1 fully saturated rings. The van der Waals surface area contributed by atoms with Crippen LogP contribution in [-0.4, -0.2) is 57.6 Å². The normalized spacial score (nSPS) is 41.1. The zero-order chi connectivity index (χ0) is 12.5. The number of aliphatic hydroxyl groups is 4. The van der Waals surface area contributed by atoms with E-state index < -0.39 is 30.5 Å². The molecule has 5 nitrogen and oxygen atoms in total. The molecule has 0 bridgehead atoms. The topological polar surface area (TPSA) is 90.2 Å². The summed E-state index contributed by atoms with van der Waals surface area (Å²) in [6, 6.07) is 0. The van der Waals surface area contributed by atoms with Crippen molar-refractivity contribution in [2.75, 3.05) is 6.61 Å². The lowest BCUT2D eigenvalue weighted by atomic mass is 9.77. The van der Waals surface area contributed by atoms with Crippen molar-refractivity contribution in [3.8, 4) is 0 Å². The first-order chi connectivity index (χ1) is 7.35. The van der Waals surface area contributed by atoms with Crippen LogP contribution < -0.4 is 0 Å². The second kappa shape index (κ2) is 4.98. The average Bonchev–Trinajstić information content (AvgIpc) is 2.26. The first-order valence-corrected chi connectivity index (χ1v) is 5.65. The summed E-state index contributed by atoms with van der Waals surface area (Å²) in [6.45, 7) is 5.42. The third-order valence-corrected chi connectivity index (χ3v) is 3.57. The largest absolute Gasteiger partial charge is 0.394 e. The Morgan fingerprint density at radius 1 is 1.06 bits per heavy atom. The molecule has 0 radical (unpaired) electrons. The molecule has 5 heteroatoms. The van der Waals surface area contributed by atoms with E-state index in [2.05, 4.69) is 0 Å². The second-order valence-corrected chi connectivity index (χ2v) is 5.09. The van der Waals surface area contributed by atoms with Gasteiger partial charge in [0.1, 0.15) is 24.4 Å². The van der Waals surface area contributed by atoms with Crippen LogP contribution in [0, 0.1) is 5.41 Å². The van der Waals surface area contributed by atoms with E-state index in [4.69, 9.17) is 9.84 Å². The highest BCUT2D eigenvalue weighted by molar-refractivity contribution is 4.97. The van der Waals surface area contributed by atoms with Gasteiger partial charge in [-0.1, -0.05) is 20.8 Å². The number of hydrogen-bond donors (Lipinski definition) is 4. The molecule has 0 aromatic rings. The summed E-state index contributed by atoms with van der Waals surface area (Å²) in [5.41, 5.74) is -0.325. The molecule has 96 valence electrons. The molecule has 0 aliphatic carbocycles. The van der Waals surface area contributed by atoms with E-state index in [0.717, 1.165) is 6.42 Å². The maximum atomic E-state index is 9.87. The van der Waals surface area contributed by atoms with Gasteiger partial charge in [0.2, 0.25) is 0 Å². The van der Waals surface area contributed by atoms with Gasteiger partial charge in [-0.3, -0.25) is 0 Å². The molecule has 0 aromatic carbocycles. The second-order valence-electron chi connectivity index (χ2n) is 5.09. The lowest BCUT2D eigenvalue weighted by molar-refractivity contribution is -0.252. The van der Waals surface area contributed by atoms with Crippen molar-refractivity contribution >= 4 is 0 Å². The molecule has 0 amide bonds. The molecular weight excluding hydrogens is 212 g/mol. The number of aliphatic hydroxyl groups excluding tert-OH is 4.